The maximum Gasteiger partial charge on any atom is 0.224 e. The number of rotatable bonds is 6. The van der Waals surface area contributed by atoms with Crippen molar-refractivity contribution in [2.45, 2.75) is 51.5 Å². The first-order chi connectivity index (χ1) is 10.2. The van der Waals surface area contributed by atoms with Crippen LogP contribution in [0.5, 0.6) is 0 Å². The zero-order chi connectivity index (χ0) is 15.1. The molecule has 0 saturated carbocycles. The van der Waals surface area contributed by atoms with Gasteiger partial charge in [0.1, 0.15) is 5.82 Å². The molecule has 1 atom stereocenters. The Labute approximate surface area is 126 Å². The van der Waals surface area contributed by atoms with Gasteiger partial charge < -0.3 is 16.0 Å². The van der Waals surface area contributed by atoms with Gasteiger partial charge in [0.05, 0.1) is 11.9 Å². The van der Waals surface area contributed by atoms with E-state index >= 15 is 0 Å². The van der Waals surface area contributed by atoms with Crippen LogP contribution >= 0.6 is 0 Å². The highest BCUT2D eigenvalue weighted by Crippen LogP contribution is 2.25. The SMILES string of the molecule is CCC1CCCCN1c1ccc(NC(=O)CCCN)cn1. The van der Waals surface area contributed by atoms with E-state index in [0.717, 1.165) is 24.5 Å². The Balaban J connectivity index is 1.96. The van der Waals surface area contributed by atoms with Crippen LogP contribution in [-0.4, -0.2) is 30.0 Å². The van der Waals surface area contributed by atoms with E-state index in [-0.39, 0.29) is 5.91 Å². The quantitative estimate of drug-likeness (QED) is 0.844. The summed E-state index contributed by atoms with van der Waals surface area (Å²) in [7, 11) is 0. The lowest BCUT2D eigenvalue weighted by molar-refractivity contribution is -0.116. The molecule has 0 aromatic carbocycles. The lowest BCUT2D eigenvalue weighted by Crippen LogP contribution is -2.39. The Hall–Kier alpha value is -1.62. The number of nitrogens with zero attached hydrogens (tertiary/aromatic N) is 2. The molecule has 0 bridgehead atoms. The predicted molar refractivity (Wildman–Crippen MR) is 86.4 cm³/mol. The first-order valence-corrected chi connectivity index (χ1v) is 7.97. The number of carbonyl (C=O) groups is 1. The van der Waals surface area contributed by atoms with Crippen molar-refractivity contribution in [3.05, 3.63) is 18.3 Å². The van der Waals surface area contributed by atoms with Crippen LogP contribution in [0.2, 0.25) is 0 Å². The zero-order valence-electron chi connectivity index (χ0n) is 12.8. The van der Waals surface area contributed by atoms with Crippen molar-refractivity contribution in [3.63, 3.8) is 0 Å². The van der Waals surface area contributed by atoms with Crippen molar-refractivity contribution in [1.82, 2.24) is 4.98 Å². The van der Waals surface area contributed by atoms with Gasteiger partial charge >= 0.3 is 0 Å². The van der Waals surface area contributed by atoms with Gasteiger partial charge in [0.25, 0.3) is 0 Å². The lowest BCUT2D eigenvalue weighted by atomic mass is 10.00. The van der Waals surface area contributed by atoms with Crippen LogP contribution in [0.3, 0.4) is 0 Å². The molecule has 1 aliphatic rings. The third-order valence-corrected chi connectivity index (χ3v) is 4.03. The number of amides is 1. The van der Waals surface area contributed by atoms with Crippen LogP contribution in [0.25, 0.3) is 0 Å². The molecule has 2 heterocycles. The van der Waals surface area contributed by atoms with Gasteiger partial charge in [0.15, 0.2) is 0 Å². The molecular formula is C16H26N4O. The molecule has 1 aromatic heterocycles. The number of aromatic nitrogens is 1. The Morgan fingerprint density at radius 3 is 3.00 bits per heavy atom. The number of carbonyl (C=O) groups excluding carboxylic acids is 1. The highest BCUT2D eigenvalue weighted by Gasteiger charge is 2.21. The highest BCUT2D eigenvalue weighted by atomic mass is 16.1. The van der Waals surface area contributed by atoms with Crippen LogP contribution in [0.4, 0.5) is 11.5 Å². The molecule has 2 rings (SSSR count). The molecule has 1 aromatic rings. The second kappa shape index (κ2) is 7.98. The molecule has 1 saturated heterocycles. The van der Waals surface area contributed by atoms with Gasteiger partial charge in [-0.05, 0) is 50.8 Å². The minimum Gasteiger partial charge on any atom is -0.354 e. The summed E-state index contributed by atoms with van der Waals surface area (Å²) in [5.41, 5.74) is 6.16. The van der Waals surface area contributed by atoms with E-state index in [4.69, 9.17) is 5.73 Å². The maximum atomic E-state index is 11.7. The first-order valence-electron chi connectivity index (χ1n) is 7.97. The summed E-state index contributed by atoms with van der Waals surface area (Å²) in [5.74, 6) is 1.01. The monoisotopic (exact) mass is 290 g/mol. The summed E-state index contributed by atoms with van der Waals surface area (Å²) < 4.78 is 0. The number of pyridine rings is 1. The summed E-state index contributed by atoms with van der Waals surface area (Å²) in [5, 5.41) is 2.86. The van der Waals surface area contributed by atoms with Crippen LogP contribution in [0.1, 0.15) is 45.4 Å². The molecule has 21 heavy (non-hydrogen) atoms. The summed E-state index contributed by atoms with van der Waals surface area (Å²) in [6.45, 7) is 3.85. The van der Waals surface area contributed by atoms with Crippen molar-refractivity contribution in [3.8, 4) is 0 Å². The third kappa shape index (κ3) is 4.43. The van der Waals surface area contributed by atoms with Crippen molar-refractivity contribution >= 4 is 17.4 Å². The van der Waals surface area contributed by atoms with Crippen LogP contribution in [0, 0.1) is 0 Å². The van der Waals surface area contributed by atoms with E-state index < -0.39 is 0 Å². The van der Waals surface area contributed by atoms with E-state index in [2.05, 4.69) is 22.1 Å². The smallest absolute Gasteiger partial charge is 0.224 e. The molecule has 5 heteroatoms. The fourth-order valence-electron chi connectivity index (χ4n) is 2.84. The summed E-state index contributed by atoms with van der Waals surface area (Å²) in [6, 6.07) is 4.53. The summed E-state index contributed by atoms with van der Waals surface area (Å²) in [6.07, 6.45) is 7.86. The first kappa shape index (κ1) is 15.8. The summed E-state index contributed by atoms with van der Waals surface area (Å²) >= 11 is 0. The largest absolute Gasteiger partial charge is 0.354 e. The Morgan fingerprint density at radius 2 is 2.33 bits per heavy atom. The molecule has 1 amide bonds. The van der Waals surface area contributed by atoms with E-state index in [9.17, 15) is 4.79 Å². The fourth-order valence-corrected chi connectivity index (χ4v) is 2.84. The number of piperidine rings is 1. The van der Waals surface area contributed by atoms with Crippen LogP contribution in [-0.2, 0) is 4.79 Å². The number of hydrogen-bond acceptors (Lipinski definition) is 4. The average molecular weight is 290 g/mol. The zero-order valence-corrected chi connectivity index (χ0v) is 12.8. The van der Waals surface area contributed by atoms with Crippen LogP contribution < -0.4 is 16.0 Å². The van der Waals surface area contributed by atoms with E-state index in [0.29, 0.717) is 25.4 Å². The molecule has 0 aliphatic carbocycles. The van der Waals surface area contributed by atoms with Gasteiger partial charge in [-0.3, -0.25) is 4.79 Å². The van der Waals surface area contributed by atoms with Crippen molar-refractivity contribution in [2.24, 2.45) is 5.73 Å². The molecule has 3 N–H and O–H groups in total. The van der Waals surface area contributed by atoms with Crippen molar-refractivity contribution in [2.75, 3.05) is 23.3 Å². The van der Waals surface area contributed by atoms with Gasteiger partial charge in [-0.1, -0.05) is 6.92 Å². The Bertz CT molecular complexity index is 446. The Kier molecular flexibility index (Phi) is 5.99. The molecule has 1 fully saturated rings. The fraction of sp³-hybridized carbons (Fsp3) is 0.625. The number of nitrogens with two attached hydrogens (primary N) is 1. The topological polar surface area (TPSA) is 71.2 Å². The molecule has 1 aliphatic heterocycles. The van der Waals surface area contributed by atoms with Gasteiger partial charge in [-0.25, -0.2) is 4.98 Å². The molecule has 5 nitrogen and oxygen atoms in total. The molecule has 1 unspecified atom stereocenters. The second-order valence-corrected chi connectivity index (χ2v) is 5.60. The average Bonchev–Trinajstić information content (AvgIpc) is 2.53. The van der Waals surface area contributed by atoms with E-state index in [1.165, 1.54) is 19.3 Å². The third-order valence-electron chi connectivity index (χ3n) is 4.03. The number of nitrogens with one attached hydrogen (secondary N) is 1. The normalized spacial score (nSPS) is 18.6. The molecule has 0 radical (unpaired) electrons. The van der Waals surface area contributed by atoms with Gasteiger partial charge in [0, 0.05) is 19.0 Å². The van der Waals surface area contributed by atoms with Crippen LogP contribution in [0.15, 0.2) is 18.3 Å². The van der Waals surface area contributed by atoms with Crippen molar-refractivity contribution < 1.29 is 4.79 Å². The second-order valence-electron chi connectivity index (χ2n) is 5.60. The predicted octanol–water partition coefficient (Wildman–Crippen LogP) is 2.53. The number of anilines is 2. The highest BCUT2D eigenvalue weighted by molar-refractivity contribution is 5.90. The summed E-state index contributed by atoms with van der Waals surface area (Å²) in [4.78, 5) is 18.6. The molecular weight excluding hydrogens is 264 g/mol. The minimum atomic E-state index is -0.000549. The Morgan fingerprint density at radius 1 is 1.48 bits per heavy atom. The van der Waals surface area contributed by atoms with E-state index in [1.54, 1.807) is 6.20 Å². The van der Waals surface area contributed by atoms with Crippen molar-refractivity contribution in [1.29, 1.82) is 0 Å². The number of hydrogen-bond donors (Lipinski definition) is 2. The maximum absolute atomic E-state index is 11.7. The lowest BCUT2D eigenvalue weighted by Gasteiger charge is -2.36. The van der Waals surface area contributed by atoms with E-state index in [1.807, 2.05) is 12.1 Å². The minimum absolute atomic E-state index is 0.000549. The molecule has 116 valence electrons. The standard InChI is InChI=1S/C16H26N4O/c1-2-14-6-3-4-11-20(14)15-9-8-13(12-18-15)19-16(21)7-5-10-17/h8-9,12,14H,2-7,10-11,17H2,1H3,(H,19,21). The van der Waals surface area contributed by atoms with Gasteiger partial charge in [-0.2, -0.15) is 0 Å². The van der Waals surface area contributed by atoms with Gasteiger partial charge in [-0.15, -0.1) is 0 Å². The van der Waals surface area contributed by atoms with Gasteiger partial charge in [0.2, 0.25) is 5.91 Å². The molecule has 0 spiro atoms.